The Hall–Kier alpha value is -2.83. The molecule has 2 aromatic rings. The number of benzene rings is 2. The SMILES string of the molecule is COc1ccc(OC)c(/C=C2/C(=O)N(CN3CCN(C)CC3)c3ccccc32)c1. The molecule has 1 amide bonds. The van der Waals surface area contributed by atoms with Crippen LogP contribution in [0.15, 0.2) is 42.5 Å². The van der Waals surface area contributed by atoms with Gasteiger partial charge in [0.05, 0.1) is 26.6 Å². The standard InChI is InChI=1S/C23H27N3O3/c1-24-10-12-25(13-11-24)16-26-21-7-5-4-6-19(21)20(23(26)27)15-17-14-18(28-2)8-9-22(17)29-3/h4-9,14-15H,10-13,16H2,1-3H3/b20-15+. The number of amides is 1. The van der Waals surface area contributed by atoms with Crippen LogP contribution in [0.25, 0.3) is 11.6 Å². The van der Waals surface area contributed by atoms with E-state index in [2.05, 4.69) is 16.8 Å². The van der Waals surface area contributed by atoms with Gasteiger partial charge < -0.3 is 14.4 Å². The highest BCUT2D eigenvalue weighted by Gasteiger charge is 2.33. The summed E-state index contributed by atoms with van der Waals surface area (Å²) in [4.78, 5) is 19.9. The zero-order chi connectivity index (χ0) is 20.4. The van der Waals surface area contributed by atoms with Crippen LogP contribution in [0.4, 0.5) is 5.69 Å². The Labute approximate surface area is 171 Å². The van der Waals surface area contributed by atoms with Crippen LogP contribution in [-0.2, 0) is 4.79 Å². The third-order valence-electron chi connectivity index (χ3n) is 5.63. The summed E-state index contributed by atoms with van der Waals surface area (Å²) in [6.07, 6.45) is 1.91. The van der Waals surface area contributed by atoms with Gasteiger partial charge in [0, 0.05) is 42.9 Å². The number of piperazine rings is 1. The monoisotopic (exact) mass is 393 g/mol. The van der Waals surface area contributed by atoms with Crippen molar-refractivity contribution < 1.29 is 14.3 Å². The maximum atomic E-state index is 13.4. The number of fused-ring (bicyclic) bond motifs is 1. The van der Waals surface area contributed by atoms with E-state index in [0.29, 0.717) is 18.0 Å². The van der Waals surface area contributed by atoms with Crippen LogP contribution in [0.5, 0.6) is 11.5 Å². The van der Waals surface area contributed by atoms with Gasteiger partial charge in [-0.3, -0.25) is 14.6 Å². The van der Waals surface area contributed by atoms with Gasteiger partial charge in [0.1, 0.15) is 11.5 Å². The number of carbonyl (C=O) groups is 1. The maximum absolute atomic E-state index is 13.4. The van der Waals surface area contributed by atoms with Crippen LogP contribution in [0.1, 0.15) is 11.1 Å². The van der Waals surface area contributed by atoms with Gasteiger partial charge in [-0.15, -0.1) is 0 Å². The van der Waals surface area contributed by atoms with Crippen molar-refractivity contribution in [3.63, 3.8) is 0 Å². The Bertz CT molecular complexity index is 933. The second-order valence-electron chi connectivity index (χ2n) is 7.48. The van der Waals surface area contributed by atoms with Crippen molar-refractivity contribution in [1.29, 1.82) is 0 Å². The fourth-order valence-corrected chi connectivity index (χ4v) is 3.88. The highest BCUT2D eigenvalue weighted by molar-refractivity contribution is 6.35. The fourth-order valence-electron chi connectivity index (χ4n) is 3.88. The Balaban J connectivity index is 1.68. The summed E-state index contributed by atoms with van der Waals surface area (Å²) >= 11 is 0. The number of hydrogen-bond acceptors (Lipinski definition) is 5. The third kappa shape index (κ3) is 3.86. The Morgan fingerprint density at radius 3 is 2.48 bits per heavy atom. The molecular weight excluding hydrogens is 366 g/mol. The van der Waals surface area contributed by atoms with E-state index < -0.39 is 0 Å². The number of anilines is 1. The summed E-state index contributed by atoms with van der Waals surface area (Å²) in [5.41, 5.74) is 3.42. The van der Waals surface area contributed by atoms with Gasteiger partial charge in [0.15, 0.2) is 0 Å². The molecule has 152 valence electrons. The minimum atomic E-state index is 0.0231. The second kappa shape index (κ2) is 8.27. The smallest absolute Gasteiger partial charge is 0.260 e. The average Bonchev–Trinajstić information content (AvgIpc) is 3.01. The molecule has 2 heterocycles. The van der Waals surface area contributed by atoms with Crippen LogP contribution in [-0.4, -0.2) is 69.8 Å². The number of carbonyl (C=O) groups excluding carboxylic acids is 1. The molecule has 0 N–H and O–H groups in total. The molecule has 0 aromatic heterocycles. The van der Waals surface area contributed by atoms with Crippen molar-refractivity contribution in [1.82, 2.24) is 9.80 Å². The van der Waals surface area contributed by atoms with Crippen LogP contribution in [0.2, 0.25) is 0 Å². The van der Waals surface area contributed by atoms with Gasteiger partial charge in [-0.25, -0.2) is 0 Å². The minimum absolute atomic E-state index is 0.0231. The molecular formula is C23H27N3O3. The molecule has 0 radical (unpaired) electrons. The van der Waals surface area contributed by atoms with Gasteiger partial charge in [-0.1, -0.05) is 18.2 Å². The lowest BCUT2D eigenvalue weighted by molar-refractivity contribution is -0.113. The van der Waals surface area contributed by atoms with Gasteiger partial charge in [-0.2, -0.15) is 0 Å². The highest BCUT2D eigenvalue weighted by atomic mass is 16.5. The van der Waals surface area contributed by atoms with Crippen molar-refractivity contribution >= 4 is 23.2 Å². The zero-order valence-electron chi connectivity index (χ0n) is 17.2. The normalized spacial score (nSPS) is 18.9. The molecule has 0 atom stereocenters. The molecule has 0 unspecified atom stereocenters. The first-order valence-corrected chi connectivity index (χ1v) is 9.86. The molecule has 6 heteroatoms. The molecule has 0 bridgehead atoms. The predicted molar refractivity (Wildman–Crippen MR) is 115 cm³/mol. The second-order valence-corrected chi connectivity index (χ2v) is 7.48. The van der Waals surface area contributed by atoms with Gasteiger partial charge >= 0.3 is 0 Å². The van der Waals surface area contributed by atoms with E-state index in [0.717, 1.165) is 48.7 Å². The molecule has 29 heavy (non-hydrogen) atoms. The first-order valence-electron chi connectivity index (χ1n) is 9.86. The maximum Gasteiger partial charge on any atom is 0.260 e. The Morgan fingerprint density at radius 2 is 1.76 bits per heavy atom. The summed E-state index contributed by atoms with van der Waals surface area (Å²) in [5, 5.41) is 0. The topological polar surface area (TPSA) is 45.3 Å². The molecule has 0 spiro atoms. The summed E-state index contributed by atoms with van der Waals surface area (Å²) in [5.74, 6) is 1.46. The summed E-state index contributed by atoms with van der Waals surface area (Å²) in [7, 11) is 5.40. The van der Waals surface area contributed by atoms with Crippen LogP contribution in [0, 0.1) is 0 Å². The van der Waals surface area contributed by atoms with Gasteiger partial charge in [0.25, 0.3) is 5.91 Å². The van der Waals surface area contributed by atoms with Gasteiger partial charge in [-0.05, 0) is 37.4 Å². The molecule has 1 fully saturated rings. The first kappa shape index (κ1) is 19.5. The fraction of sp³-hybridized carbons (Fsp3) is 0.348. The quantitative estimate of drug-likeness (QED) is 0.731. The van der Waals surface area contributed by atoms with E-state index in [9.17, 15) is 4.79 Å². The molecule has 4 rings (SSSR count). The molecule has 0 saturated carbocycles. The number of likely N-dealkylation sites (N-methyl/N-ethyl adjacent to an activating group) is 1. The highest BCUT2D eigenvalue weighted by Crippen LogP contribution is 2.39. The third-order valence-corrected chi connectivity index (χ3v) is 5.63. The average molecular weight is 393 g/mol. The predicted octanol–water partition coefficient (Wildman–Crippen LogP) is 2.80. The van der Waals surface area contributed by atoms with E-state index in [-0.39, 0.29) is 5.91 Å². The van der Waals surface area contributed by atoms with E-state index >= 15 is 0 Å². The minimum Gasteiger partial charge on any atom is -0.497 e. The number of rotatable bonds is 5. The number of methoxy groups -OCH3 is 2. The van der Waals surface area contributed by atoms with E-state index in [4.69, 9.17) is 9.47 Å². The number of hydrogen-bond donors (Lipinski definition) is 0. The Morgan fingerprint density at radius 1 is 1.00 bits per heavy atom. The van der Waals surface area contributed by atoms with Crippen molar-refractivity contribution in [3.05, 3.63) is 53.6 Å². The van der Waals surface area contributed by atoms with Crippen molar-refractivity contribution in [3.8, 4) is 11.5 Å². The van der Waals surface area contributed by atoms with E-state index in [1.807, 2.05) is 53.4 Å². The lowest BCUT2D eigenvalue weighted by Crippen LogP contribution is -2.49. The largest absolute Gasteiger partial charge is 0.497 e. The number of ether oxygens (including phenoxy) is 2. The zero-order valence-corrected chi connectivity index (χ0v) is 17.2. The Kier molecular flexibility index (Phi) is 5.56. The molecule has 2 aliphatic rings. The first-order chi connectivity index (χ1) is 14.1. The molecule has 2 aliphatic heterocycles. The van der Waals surface area contributed by atoms with E-state index in [1.165, 1.54) is 0 Å². The van der Waals surface area contributed by atoms with Crippen molar-refractivity contribution in [2.45, 2.75) is 0 Å². The van der Waals surface area contributed by atoms with E-state index in [1.54, 1.807) is 14.2 Å². The number of para-hydroxylation sites is 1. The summed E-state index contributed by atoms with van der Waals surface area (Å²) in [6.45, 7) is 4.58. The lowest BCUT2D eigenvalue weighted by Gasteiger charge is -2.34. The van der Waals surface area contributed by atoms with Crippen LogP contribution in [0.3, 0.4) is 0 Å². The molecule has 1 saturated heterocycles. The van der Waals surface area contributed by atoms with Gasteiger partial charge in [0.2, 0.25) is 0 Å². The summed E-state index contributed by atoms with van der Waals surface area (Å²) < 4.78 is 10.9. The summed E-state index contributed by atoms with van der Waals surface area (Å²) in [6, 6.07) is 13.6. The molecule has 6 nitrogen and oxygen atoms in total. The molecule has 2 aromatic carbocycles. The number of nitrogens with zero attached hydrogens (tertiary/aromatic N) is 3. The lowest BCUT2D eigenvalue weighted by atomic mass is 10.0. The van der Waals surface area contributed by atoms with Crippen molar-refractivity contribution in [2.24, 2.45) is 0 Å². The van der Waals surface area contributed by atoms with Crippen molar-refractivity contribution in [2.75, 3.05) is 59.0 Å². The molecule has 0 aliphatic carbocycles. The van der Waals surface area contributed by atoms with Crippen LogP contribution < -0.4 is 14.4 Å². The van der Waals surface area contributed by atoms with Crippen LogP contribution >= 0.6 is 0 Å².